The molecule has 3 nitrogen and oxygen atoms in total. The highest BCUT2D eigenvalue weighted by molar-refractivity contribution is 6.12. The number of amides is 2. The van der Waals surface area contributed by atoms with Crippen molar-refractivity contribution in [3.8, 4) is 0 Å². The highest BCUT2D eigenvalue weighted by Crippen LogP contribution is 2.13. The summed E-state index contributed by atoms with van der Waals surface area (Å²) in [5.74, 6) is -0.466. The van der Waals surface area contributed by atoms with E-state index in [1.807, 2.05) is 31.2 Å². The summed E-state index contributed by atoms with van der Waals surface area (Å²) in [6, 6.07) is 7.73. The monoisotopic (exact) mass is 201 g/mol. The van der Waals surface area contributed by atoms with Crippen molar-refractivity contribution in [3.63, 3.8) is 0 Å². The number of hydrogen-bond donors (Lipinski definition) is 0. The minimum Gasteiger partial charge on any atom is -0.271 e. The zero-order valence-electron chi connectivity index (χ0n) is 8.43. The molecule has 0 bridgehead atoms. The molecular weight excluding hydrogens is 190 g/mol. The first kappa shape index (κ1) is 9.65. The number of carbonyl (C=O) groups excluding carboxylic acids is 2. The van der Waals surface area contributed by atoms with E-state index in [0.717, 1.165) is 11.1 Å². The molecule has 76 valence electrons. The zero-order valence-corrected chi connectivity index (χ0v) is 8.43. The Morgan fingerprint density at radius 1 is 1.07 bits per heavy atom. The Balaban J connectivity index is 2.20. The number of imide groups is 1. The van der Waals surface area contributed by atoms with Gasteiger partial charge in [0.15, 0.2) is 0 Å². The molecule has 1 aromatic carbocycles. The first-order valence-corrected chi connectivity index (χ1v) is 4.76. The van der Waals surface area contributed by atoms with Crippen molar-refractivity contribution in [1.29, 1.82) is 0 Å². The fraction of sp³-hybridized carbons (Fsp3) is 0.167. The van der Waals surface area contributed by atoms with Gasteiger partial charge in [0, 0.05) is 12.2 Å². The maximum Gasteiger partial charge on any atom is 0.253 e. The summed E-state index contributed by atoms with van der Waals surface area (Å²) >= 11 is 0. The topological polar surface area (TPSA) is 37.4 Å². The van der Waals surface area contributed by atoms with Crippen LogP contribution >= 0.6 is 0 Å². The lowest BCUT2D eigenvalue weighted by Crippen LogP contribution is -2.29. The SMILES string of the molecule is Cc1ccccc1CN1C(=O)C=CC1=O. The van der Waals surface area contributed by atoms with E-state index in [0.29, 0.717) is 6.54 Å². The van der Waals surface area contributed by atoms with Crippen LogP contribution in [0.3, 0.4) is 0 Å². The van der Waals surface area contributed by atoms with Crippen LogP contribution in [0.4, 0.5) is 0 Å². The largest absolute Gasteiger partial charge is 0.271 e. The molecule has 15 heavy (non-hydrogen) atoms. The number of carbonyl (C=O) groups is 2. The van der Waals surface area contributed by atoms with E-state index in [2.05, 4.69) is 0 Å². The molecule has 0 aromatic heterocycles. The molecule has 0 saturated carbocycles. The second kappa shape index (κ2) is 3.69. The van der Waals surface area contributed by atoms with Crippen LogP contribution in [0.5, 0.6) is 0 Å². The Labute approximate surface area is 88.0 Å². The molecule has 1 aliphatic heterocycles. The third-order valence-electron chi connectivity index (χ3n) is 2.49. The van der Waals surface area contributed by atoms with Gasteiger partial charge in [-0.05, 0) is 18.1 Å². The van der Waals surface area contributed by atoms with Gasteiger partial charge in [-0.1, -0.05) is 24.3 Å². The van der Waals surface area contributed by atoms with Gasteiger partial charge in [0.25, 0.3) is 11.8 Å². The van der Waals surface area contributed by atoms with Crippen molar-refractivity contribution in [3.05, 3.63) is 47.5 Å². The lowest BCUT2D eigenvalue weighted by Gasteiger charge is -2.15. The van der Waals surface area contributed by atoms with Crippen LogP contribution in [0.2, 0.25) is 0 Å². The first-order valence-electron chi connectivity index (χ1n) is 4.76. The lowest BCUT2D eigenvalue weighted by atomic mass is 10.1. The number of benzene rings is 1. The molecule has 2 amide bonds. The quantitative estimate of drug-likeness (QED) is 0.678. The average Bonchev–Trinajstić information content (AvgIpc) is 2.53. The second-order valence-electron chi connectivity index (χ2n) is 3.52. The van der Waals surface area contributed by atoms with Gasteiger partial charge in [-0.2, -0.15) is 0 Å². The van der Waals surface area contributed by atoms with Crippen LogP contribution in [0, 0.1) is 6.92 Å². The van der Waals surface area contributed by atoms with Crippen molar-refractivity contribution in [1.82, 2.24) is 4.90 Å². The van der Waals surface area contributed by atoms with Crippen LogP contribution in [0.1, 0.15) is 11.1 Å². The van der Waals surface area contributed by atoms with E-state index in [1.165, 1.54) is 17.1 Å². The predicted molar refractivity (Wildman–Crippen MR) is 55.9 cm³/mol. The third-order valence-corrected chi connectivity index (χ3v) is 2.49. The van der Waals surface area contributed by atoms with E-state index in [-0.39, 0.29) is 11.8 Å². The molecule has 0 atom stereocenters. The minimum absolute atomic E-state index is 0.233. The Hall–Kier alpha value is -1.90. The van der Waals surface area contributed by atoms with Gasteiger partial charge >= 0.3 is 0 Å². The van der Waals surface area contributed by atoms with Crippen LogP contribution < -0.4 is 0 Å². The van der Waals surface area contributed by atoms with Gasteiger partial charge in [0.05, 0.1) is 6.54 Å². The maximum atomic E-state index is 11.3. The fourth-order valence-electron chi connectivity index (χ4n) is 1.54. The van der Waals surface area contributed by atoms with E-state index in [1.54, 1.807) is 0 Å². The molecule has 1 aliphatic rings. The van der Waals surface area contributed by atoms with E-state index < -0.39 is 0 Å². The first-order chi connectivity index (χ1) is 7.18. The van der Waals surface area contributed by atoms with Crippen molar-refractivity contribution in [2.45, 2.75) is 13.5 Å². The highest BCUT2D eigenvalue weighted by Gasteiger charge is 2.23. The molecule has 1 heterocycles. The predicted octanol–water partition coefficient (Wildman–Crippen LogP) is 1.42. The lowest BCUT2D eigenvalue weighted by molar-refractivity contribution is -0.137. The van der Waals surface area contributed by atoms with Crippen molar-refractivity contribution in [2.75, 3.05) is 0 Å². The van der Waals surface area contributed by atoms with Crippen molar-refractivity contribution >= 4 is 11.8 Å². The molecule has 0 spiro atoms. The number of hydrogen-bond acceptors (Lipinski definition) is 2. The van der Waals surface area contributed by atoms with Gasteiger partial charge in [-0.25, -0.2) is 0 Å². The number of aryl methyl sites for hydroxylation is 1. The molecule has 2 rings (SSSR count). The number of rotatable bonds is 2. The second-order valence-corrected chi connectivity index (χ2v) is 3.52. The Morgan fingerprint density at radius 2 is 1.67 bits per heavy atom. The normalized spacial score (nSPS) is 15.1. The molecule has 0 radical (unpaired) electrons. The van der Waals surface area contributed by atoms with E-state index in [9.17, 15) is 9.59 Å². The zero-order chi connectivity index (χ0) is 10.8. The summed E-state index contributed by atoms with van der Waals surface area (Å²) in [4.78, 5) is 23.9. The Bertz CT molecular complexity index is 431. The molecule has 3 heteroatoms. The number of nitrogens with zero attached hydrogens (tertiary/aromatic N) is 1. The summed E-state index contributed by atoms with van der Waals surface area (Å²) in [6.07, 6.45) is 2.61. The average molecular weight is 201 g/mol. The van der Waals surface area contributed by atoms with Gasteiger partial charge in [0.1, 0.15) is 0 Å². The van der Waals surface area contributed by atoms with Crippen LogP contribution in [-0.4, -0.2) is 16.7 Å². The summed E-state index contributed by atoms with van der Waals surface area (Å²) in [7, 11) is 0. The minimum atomic E-state index is -0.233. The summed E-state index contributed by atoms with van der Waals surface area (Å²) < 4.78 is 0. The van der Waals surface area contributed by atoms with E-state index in [4.69, 9.17) is 0 Å². The molecule has 1 aromatic rings. The molecule has 0 N–H and O–H groups in total. The summed E-state index contributed by atoms with van der Waals surface area (Å²) in [5.41, 5.74) is 2.09. The summed E-state index contributed by atoms with van der Waals surface area (Å²) in [5, 5.41) is 0. The van der Waals surface area contributed by atoms with Gasteiger partial charge in [-0.3, -0.25) is 14.5 Å². The van der Waals surface area contributed by atoms with Gasteiger partial charge in [0.2, 0.25) is 0 Å². The molecular formula is C12H11NO2. The van der Waals surface area contributed by atoms with Crippen LogP contribution in [0.15, 0.2) is 36.4 Å². The van der Waals surface area contributed by atoms with Crippen molar-refractivity contribution < 1.29 is 9.59 Å². The fourth-order valence-corrected chi connectivity index (χ4v) is 1.54. The van der Waals surface area contributed by atoms with Gasteiger partial charge in [-0.15, -0.1) is 0 Å². The molecule has 0 fully saturated rings. The Kier molecular flexibility index (Phi) is 2.37. The van der Waals surface area contributed by atoms with Crippen LogP contribution in [0.25, 0.3) is 0 Å². The van der Waals surface area contributed by atoms with Gasteiger partial charge < -0.3 is 0 Å². The summed E-state index contributed by atoms with van der Waals surface area (Å²) in [6.45, 7) is 2.32. The molecule has 0 saturated heterocycles. The van der Waals surface area contributed by atoms with Crippen molar-refractivity contribution in [2.24, 2.45) is 0 Å². The standard InChI is InChI=1S/C12H11NO2/c1-9-4-2-3-5-10(9)8-13-11(14)6-7-12(13)15/h2-7H,8H2,1H3. The Morgan fingerprint density at radius 3 is 2.27 bits per heavy atom. The van der Waals surface area contributed by atoms with Crippen LogP contribution in [-0.2, 0) is 16.1 Å². The molecule has 0 unspecified atom stereocenters. The highest BCUT2D eigenvalue weighted by atomic mass is 16.2. The maximum absolute atomic E-state index is 11.3. The third kappa shape index (κ3) is 1.81. The van der Waals surface area contributed by atoms with E-state index >= 15 is 0 Å². The molecule has 0 aliphatic carbocycles. The smallest absolute Gasteiger partial charge is 0.253 e.